The molecule has 1 aromatic rings. The molecule has 1 saturated heterocycles. The summed E-state index contributed by atoms with van der Waals surface area (Å²) < 4.78 is 0. The van der Waals surface area contributed by atoms with Crippen LogP contribution in [0.5, 0.6) is 0 Å². The topological polar surface area (TPSA) is 52.7 Å². The highest BCUT2D eigenvalue weighted by molar-refractivity contribution is 5.78. The van der Waals surface area contributed by atoms with E-state index in [9.17, 15) is 9.59 Å². The first kappa shape index (κ1) is 17.5. The van der Waals surface area contributed by atoms with E-state index in [1.807, 2.05) is 23.1 Å². The Bertz CT molecular complexity index is 510. The minimum atomic E-state index is 0.0589. The second-order valence-electron chi connectivity index (χ2n) is 6.10. The molecule has 0 bridgehead atoms. The number of nitrogens with one attached hydrogen (secondary N) is 1. The van der Waals surface area contributed by atoms with Gasteiger partial charge in [0.15, 0.2) is 0 Å². The van der Waals surface area contributed by atoms with Crippen molar-refractivity contribution < 1.29 is 9.59 Å². The first-order valence-electron chi connectivity index (χ1n) is 8.42. The van der Waals surface area contributed by atoms with E-state index in [0.717, 1.165) is 31.5 Å². The number of benzene rings is 1. The molecule has 5 nitrogen and oxygen atoms in total. The third-order valence-corrected chi connectivity index (χ3v) is 4.30. The number of hydrogen-bond donors (Lipinski definition) is 1. The molecule has 1 heterocycles. The molecular weight excluding hydrogens is 290 g/mol. The van der Waals surface area contributed by atoms with Gasteiger partial charge in [0.2, 0.25) is 11.8 Å². The first-order valence-corrected chi connectivity index (χ1v) is 8.42. The lowest BCUT2D eigenvalue weighted by atomic mass is 10.0. The van der Waals surface area contributed by atoms with Crippen molar-refractivity contribution in [1.82, 2.24) is 15.1 Å². The van der Waals surface area contributed by atoms with Gasteiger partial charge in [-0.1, -0.05) is 43.7 Å². The minimum Gasteiger partial charge on any atom is -0.348 e. The largest absolute Gasteiger partial charge is 0.348 e. The Morgan fingerprint density at radius 2 is 1.78 bits per heavy atom. The van der Waals surface area contributed by atoms with E-state index >= 15 is 0 Å². The molecule has 0 radical (unpaired) electrons. The molecular formula is C18H27N3O2. The number of carbonyl (C=O) groups excluding carboxylic acids is 2. The van der Waals surface area contributed by atoms with Crippen LogP contribution in [0, 0.1) is 0 Å². The average molecular weight is 317 g/mol. The summed E-state index contributed by atoms with van der Waals surface area (Å²) in [5.74, 6) is 0.171. The zero-order valence-corrected chi connectivity index (χ0v) is 14.1. The van der Waals surface area contributed by atoms with Crippen molar-refractivity contribution in [3.05, 3.63) is 35.9 Å². The molecule has 2 rings (SSSR count). The molecule has 0 spiro atoms. The Balaban J connectivity index is 1.84. The maximum atomic E-state index is 12.4. The van der Waals surface area contributed by atoms with Crippen LogP contribution in [0.2, 0.25) is 0 Å². The molecule has 1 aliphatic rings. The zero-order chi connectivity index (χ0) is 16.7. The van der Waals surface area contributed by atoms with Gasteiger partial charge in [-0.15, -0.1) is 0 Å². The number of carbonyl (C=O) groups is 2. The molecule has 1 N–H and O–H groups in total. The second-order valence-corrected chi connectivity index (χ2v) is 6.10. The summed E-state index contributed by atoms with van der Waals surface area (Å²) in [7, 11) is 0. The highest BCUT2D eigenvalue weighted by Gasteiger charge is 2.21. The van der Waals surface area contributed by atoms with Gasteiger partial charge in [-0.05, 0) is 12.0 Å². The van der Waals surface area contributed by atoms with Crippen molar-refractivity contribution in [2.75, 3.05) is 32.7 Å². The van der Waals surface area contributed by atoms with Crippen LogP contribution < -0.4 is 5.32 Å². The third-order valence-electron chi connectivity index (χ3n) is 4.30. The fourth-order valence-electron chi connectivity index (χ4n) is 2.96. The standard InChI is InChI=1S/C18H27N3O2/c1-3-7-17(16-8-5-4-6-9-16)19-18(23)14-20-10-12-21(13-11-20)15(2)22/h4-6,8-9,17H,3,7,10-14H2,1-2H3,(H,19,23)/t17-/m1/s1. The van der Waals surface area contributed by atoms with Crippen LogP contribution in [-0.2, 0) is 9.59 Å². The Morgan fingerprint density at radius 3 is 2.35 bits per heavy atom. The lowest BCUT2D eigenvalue weighted by Crippen LogP contribution is -2.50. The summed E-state index contributed by atoms with van der Waals surface area (Å²) in [6.45, 7) is 7.06. The maximum absolute atomic E-state index is 12.4. The van der Waals surface area contributed by atoms with Gasteiger partial charge in [0.25, 0.3) is 0 Å². The van der Waals surface area contributed by atoms with Gasteiger partial charge in [-0.25, -0.2) is 0 Å². The summed E-state index contributed by atoms with van der Waals surface area (Å²) in [5.41, 5.74) is 1.16. The Labute approximate surface area is 138 Å². The van der Waals surface area contributed by atoms with Crippen molar-refractivity contribution in [3.63, 3.8) is 0 Å². The summed E-state index contributed by atoms with van der Waals surface area (Å²) in [4.78, 5) is 27.6. The molecule has 0 aromatic heterocycles. The predicted molar refractivity (Wildman–Crippen MR) is 90.9 cm³/mol. The van der Waals surface area contributed by atoms with Crippen molar-refractivity contribution >= 4 is 11.8 Å². The molecule has 23 heavy (non-hydrogen) atoms. The number of amides is 2. The van der Waals surface area contributed by atoms with Crippen LogP contribution in [0.25, 0.3) is 0 Å². The lowest BCUT2D eigenvalue weighted by Gasteiger charge is -2.34. The van der Waals surface area contributed by atoms with Crippen LogP contribution in [0.15, 0.2) is 30.3 Å². The van der Waals surface area contributed by atoms with Crippen LogP contribution in [0.1, 0.15) is 38.3 Å². The molecule has 1 fully saturated rings. The van der Waals surface area contributed by atoms with E-state index in [2.05, 4.69) is 29.3 Å². The molecule has 1 aliphatic heterocycles. The van der Waals surface area contributed by atoms with Crippen molar-refractivity contribution in [1.29, 1.82) is 0 Å². The Hall–Kier alpha value is -1.88. The van der Waals surface area contributed by atoms with Gasteiger partial charge in [0, 0.05) is 33.1 Å². The molecule has 0 unspecified atom stereocenters. The Morgan fingerprint density at radius 1 is 1.13 bits per heavy atom. The SMILES string of the molecule is CCC[C@@H](NC(=O)CN1CCN(C(C)=O)CC1)c1ccccc1. The fourth-order valence-corrected chi connectivity index (χ4v) is 2.96. The summed E-state index contributed by atoms with van der Waals surface area (Å²) >= 11 is 0. The van der Waals surface area contributed by atoms with Gasteiger partial charge in [0.05, 0.1) is 12.6 Å². The third kappa shape index (κ3) is 5.36. The van der Waals surface area contributed by atoms with E-state index in [0.29, 0.717) is 19.6 Å². The molecule has 5 heteroatoms. The highest BCUT2D eigenvalue weighted by Crippen LogP contribution is 2.18. The molecule has 2 amide bonds. The fraction of sp³-hybridized carbons (Fsp3) is 0.556. The number of hydrogen-bond acceptors (Lipinski definition) is 3. The van der Waals surface area contributed by atoms with Gasteiger partial charge >= 0.3 is 0 Å². The van der Waals surface area contributed by atoms with Crippen LogP contribution >= 0.6 is 0 Å². The Kier molecular flexibility index (Phi) is 6.59. The van der Waals surface area contributed by atoms with Crippen molar-refractivity contribution in [2.24, 2.45) is 0 Å². The molecule has 0 aliphatic carbocycles. The molecule has 126 valence electrons. The van der Waals surface area contributed by atoms with Gasteiger partial charge < -0.3 is 10.2 Å². The number of piperazine rings is 1. The molecule has 0 saturated carbocycles. The van der Waals surface area contributed by atoms with Gasteiger partial charge in [-0.2, -0.15) is 0 Å². The molecule has 1 aromatic carbocycles. The van der Waals surface area contributed by atoms with E-state index in [1.54, 1.807) is 6.92 Å². The van der Waals surface area contributed by atoms with E-state index < -0.39 is 0 Å². The van der Waals surface area contributed by atoms with Crippen LogP contribution in [0.4, 0.5) is 0 Å². The monoisotopic (exact) mass is 317 g/mol. The zero-order valence-electron chi connectivity index (χ0n) is 14.1. The lowest BCUT2D eigenvalue weighted by molar-refractivity contribution is -0.131. The quantitative estimate of drug-likeness (QED) is 0.870. The summed E-state index contributed by atoms with van der Waals surface area (Å²) in [6.07, 6.45) is 1.96. The van der Waals surface area contributed by atoms with Crippen molar-refractivity contribution in [3.8, 4) is 0 Å². The number of rotatable bonds is 6. The first-order chi connectivity index (χ1) is 11.1. The summed E-state index contributed by atoms with van der Waals surface area (Å²) in [5, 5.41) is 3.15. The average Bonchev–Trinajstić information content (AvgIpc) is 2.55. The second kappa shape index (κ2) is 8.67. The van der Waals surface area contributed by atoms with Crippen LogP contribution in [0.3, 0.4) is 0 Å². The normalized spacial score (nSPS) is 16.9. The summed E-state index contributed by atoms with van der Waals surface area (Å²) in [6, 6.07) is 10.2. The highest BCUT2D eigenvalue weighted by atomic mass is 16.2. The van der Waals surface area contributed by atoms with Gasteiger partial charge in [0.1, 0.15) is 0 Å². The van der Waals surface area contributed by atoms with E-state index in [1.165, 1.54) is 0 Å². The molecule has 1 atom stereocenters. The number of nitrogens with zero attached hydrogens (tertiary/aromatic N) is 2. The predicted octanol–water partition coefficient (Wildman–Crippen LogP) is 1.81. The van der Waals surface area contributed by atoms with E-state index in [4.69, 9.17) is 0 Å². The van der Waals surface area contributed by atoms with Crippen LogP contribution in [-0.4, -0.2) is 54.3 Å². The van der Waals surface area contributed by atoms with Crippen molar-refractivity contribution in [2.45, 2.75) is 32.7 Å². The van der Waals surface area contributed by atoms with E-state index in [-0.39, 0.29) is 17.9 Å². The van der Waals surface area contributed by atoms with Gasteiger partial charge in [-0.3, -0.25) is 14.5 Å². The smallest absolute Gasteiger partial charge is 0.234 e. The maximum Gasteiger partial charge on any atom is 0.234 e. The minimum absolute atomic E-state index is 0.0589.